The summed E-state index contributed by atoms with van der Waals surface area (Å²) in [4.78, 5) is 19.3. The van der Waals surface area contributed by atoms with Gasteiger partial charge in [0, 0.05) is 30.9 Å². The van der Waals surface area contributed by atoms with E-state index < -0.39 is 0 Å². The molecule has 1 N–H and O–H groups in total. The number of rotatable bonds is 10. The summed E-state index contributed by atoms with van der Waals surface area (Å²) in [6.45, 7) is 7.51. The van der Waals surface area contributed by atoms with E-state index in [1.807, 2.05) is 30.1 Å². The van der Waals surface area contributed by atoms with Crippen LogP contribution in [0.1, 0.15) is 52.4 Å². The molecule has 0 radical (unpaired) electrons. The first kappa shape index (κ1) is 23.1. The third-order valence-corrected chi connectivity index (χ3v) is 5.71. The van der Waals surface area contributed by atoms with Crippen LogP contribution in [0.4, 0.5) is 4.79 Å². The molecule has 1 aliphatic rings. The van der Waals surface area contributed by atoms with Crippen LogP contribution in [0, 0.1) is 0 Å². The number of unbranched alkanes of at least 4 members (excludes halogenated alkanes) is 2. The molecule has 1 aromatic carbocycles. The SMILES string of the molecule is CCCCOc1ccc(-c2cn(C(=O)N(C)C3CCNCC3)cn2)c(OCCCC)c1. The lowest BCUT2D eigenvalue weighted by Crippen LogP contribution is -2.45. The Bertz CT molecular complexity index is 830. The molecular formula is C24H36N4O3. The number of aromatic nitrogens is 2. The summed E-state index contributed by atoms with van der Waals surface area (Å²) in [5.74, 6) is 1.54. The first-order valence-electron chi connectivity index (χ1n) is 11.6. The Balaban J connectivity index is 1.77. The van der Waals surface area contributed by atoms with Crippen LogP contribution < -0.4 is 14.8 Å². The molecule has 0 unspecified atom stereocenters. The summed E-state index contributed by atoms with van der Waals surface area (Å²) >= 11 is 0. The number of carbonyl (C=O) groups excluding carboxylic acids is 1. The summed E-state index contributed by atoms with van der Waals surface area (Å²) in [5, 5.41) is 3.34. The molecule has 0 spiro atoms. The smallest absolute Gasteiger partial charge is 0.329 e. The second-order valence-electron chi connectivity index (χ2n) is 8.10. The van der Waals surface area contributed by atoms with E-state index in [-0.39, 0.29) is 12.1 Å². The average Bonchev–Trinajstić information content (AvgIpc) is 3.29. The van der Waals surface area contributed by atoms with Crippen LogP contribution in [-0.2, 0) is 0 Å². The van der Waals surface area contributed by atoms with Gasteiger partial charge >= 0.3 is 6.03 Å². The van der Waals surface area contributed by atoms with Gasteiger partial charge in [0.2, 0.25) is 0 Å². The fourth-order valence-electron chi connectivity index (χ4n) is 3.68. The summed E-state index contributed by atoms with van der Waals surface area (Å²) in [7, 11) is 1.87. The highest BCUT2D eigenvalue weighted by molar-refractivity contribution is 5.79. The van der Waals surface area contributed by atoms with Crippen molar-refractivity contribution in [2.24, 2.45) is 0 Å². The zero-order valence-corrected chi connectivity index (χ0v) is 19.1. The Morgan fingerprint density at radius 2 is 1.87 bits per heavy atom. The first-order chi connectivity index (χ1) is 15.1. The molecule has 1 aromatic heterocycles. The Kier molecular flexibility index (Phi) is 8.76. The van der Waals surface area contributed by atoms with Gasteiger partial charge in [-0.25, -0.2) is 9.78 Å². The van der Waals surface area contributed by atoms with Crippen LogP contribution in [0.2, 0.25) is 0 Å². The fraction of sp³-hybridized carbons (Fsp3) is 0.583. The van der Waals surface area contributed by atoms with Gasteiger partial charge in [0.05, 0.1) is 18.9 Å². The van der Waals surface area contributed by atoms with E-state index in [4.69, 9.17) is 9.47 Å². The number of carbonyl (C=O) groups is 1. The predicted octanol–water partition coefficient (Wildman–Crippen LogP) is 4.56. The lowest BCUT2D eigenvalue weighted by atomic mass is 10.1. The molecule has 1 saturated heterocycles. The van der Waals surface area contributed by atoms with Crippen molar-refractivity contribution in [2.45, 2.75) is 58.4 Å². The molecule has 3 rings (SSSR count). The zero-order chi connectivity index (χ0) is 22.1. The molecule has 0 saturated carbocycles. The highest BCUT2D eigenvalue weighted by atomic mass is 16.5. The standard InChI is InChI=1S/C24H36N4O3/c1-4-6-14-30-20-8-9-21(23(16-20)31-15-7-5-2)22-17-28(18-26-22)24(29)27(3)19-10-12-25-13-11-19/h8-9,16-19,25H,4-7,10-15H2,1-3H3. The largest absolute Gasteiger partial charge is 0.493 e. The van der Waals surface area contributed by atoms with Crippen molar-refractivity contribution in [1.29, 1.82) is 0 Å². The Morgan fingerprint density at radius 1 is 1.16 bits per heavy atom. The molecule has 7 heteroatoms. The molecular weight excluding hydrogens is 392 g/mol. The van der Waals surface area contributed by atoms with Gasteiger partial charge < -0.3 is 19.7 Å². The van der Waals surface area contributed by atoms with Crippen LogP contribution >= 0.6 is 0 Å². The monoisotopic (exact) mass is 428 g/mol. The van der Waals surface area contributed by atoms with Crippen molar-refractivity contribution < 1.29 is 14.3 Å². The van der Waals surface area contributed by atoms with Crippen LogP contribution in [-0.4, -0.2) is 59.9 Å². The van der Waals surface area contributed by atoms with Crippen molar-refractivity contribution in [3.63, 3.8) is 0 Å². The van der Waals surface area contributed by atoms with E-state index in [1.165, 1.54) is 0 Å². The van der Waals surface area contributed by atoms with E-state index >= 15 is 0 Å². The molecule has 170 valence electrons. The lowest BCUT2D eigenvalue weighted by molar-refractivity contribution is 0.178. The van der Waals surface area contributed by atoms with Crippen LogP contribution in [0.15, 0.2) is 30.7 Å². The topological polar surface area (TPSA) is 68.6 Å². The van der Waals surface area contributed by atoms with Gasteiger partial charge in [0.15, 0.2) is 0 Å². The minimum absolute atomic E-state index is 0.0568. The van der Waals surface area contributed by atoms with Crippen molar-refractivity contribution >= 4 is 6.03 Å². The fourth-order valence-corrected chi connectivity index (χ4v) is 3.68. The molecule has 0 aliphatic carbocycles. The molecule has 0 bridgehead atoms. The normalized spacial score (nSPS) is 14.4. The van der Waals surface area contributed by atoms with E-state index in [1.54, 1.807) is 17.1 Å². The molecule has 2 heterocycles. The van der Waals surface area contributed by atoms with E-state index in [0.717, 1.165) is 74.4 Å². The maximum Gasteiger partial charge on any atom is 0.329 e. The van der Waals surface area contributed by atoms with Crippen LogP contribution in [0.3, 0.4) is 0 Å². The number of hydrogen-bond donors (Lipinski definition) is 1. The lowest BCUT2D eigenvalue weighted by Gasteiger charge is -2.31. The third-order valence-electron chi connectivity index (χ3n) is 5.71. The van der Waals surface area contributed by atoms with Crippen LogP contribution in [0.5, 0.6) is 11.5 Å². The van der Waals surface area contributed by atoms with E-state index in [2.05, 4.69) is 24.1 Å². The van der Waals surface area contributed by atoms with Gasteiger partial charge in [-0.15, -0.1) is 0 Å². The Labute approximate surface area is 185 Å². The maximum absolute atomic E-state index is 13.0. The number of hydrogen-bond acceptors (Lipinski definition) is 5. The number of nitrogens with one attached hydrogen (secondary N) is 1. The van der Waals surface area contributed by atoms with Crippen molar-refractivity contribution in [1.82, 2.24) is 19.8 Å². The molecule has 7 nitrogen and oxygen atoms in total. The van der Waals surface area contributed by atoms with Crippen molar-refractivity contribution in [2.75, 3.05) is 33.4 Å². The molecule has 31 heavy (non-hydrogen) atoms. The summed E-state index contributed by atoms with van der Waals surface area (Å²) in [5.41, 5.74) is 1.59. The van der Waals surface area contributed by atoms with Gasteiger partial charge in [-0.2, -0.15) is 0 Å². The highest BCUT2D eigenvalue weighted by Gasteiger charge is 2.23. The molecule has 1 aliphatic heterocycles. The van der Waals surface area contributed by atoms with E-state index in [0.29, 0.717) is 13.2 Å². The van der Waals surface area contributed by atoms with Gasteiger partial charge in [0.25, 0.3) is 0 Å². The summed E-state index contributed by atoms with van der Waals surface area (Å²) in [6, 6.07) is 6.05. The summed E-state index contributed by atoms with van der Waals surface area (Å²) < 4.78 is 13.5. The molecule has 1 fully saturated rings. The van der Waals surface area contributed by atoms with Gasteiger partial charge in [-0.1, -0.05) is 26.7 Å². The van der Waals surface area contributed by atoms with E-state index in [9.17, 15) is 4.79 Å². The average molecular weight is 429 g/mol. The molecule has 2 aromatic rings. The first-order valence-corrected chi connectivity index (χ1v) is 11.6. The third kappa shape index (κ3) is 6.23. The highest BCUT2D eigenvalue weighted by Crippen LogP contribution is 2.33. The summed E-state index contributed by atoms with van der Waals surface area (Å²) in [6.07, 6.45) is 9.48. The second kappa shape index (κ2) is 11.7. The number of nitrogens with zero attached hydrogens (tertiary/aromatic N) is 3. The maximum atomic E-state index is 13.0. The number of imidazole rings is 1. The number of piperidine rings is 1. The van der Waals surface area contributed by atoms with Gasteiger partial charge in [-0.3, -0.25) is 4.57 Å². The van der Waals surface area contributed by atoms with Crippen molar-refractivity contribution in [3.05, 3.63) is 30.7 Å². The predicted molar refractivity (Wildman–Crippen MR) is 123 cm³/mol. The van der Waals surface area contributed by atoms with Crippen molar-refractivity contribution in [3.8, 4) is 22.8 Å². The quantitative estimate of drug-likeness (QED) is 0.562. The Hall–Kier alpha value is -2.54. The molecule has 1 amide bonds. The van der Waals surface area contributed by atoms with Gasteiger partial charge in [-0.05, 0) is 50.9 Å². The number of ether oxygens (including phenoxy) is 2. The minimum atomic E-state index is -0.0568. The molecule has 0 atom stereocenters. The Morgan fingerprint density at radius 3 is 2.58 bits per heavy atom. The van der Waals surface area contributed by atoms with Gasteiger partial charge in [0.1, 0.15) is 17.8 Å². The zero-order valence-electron chi connectivity index (χ0n) is 19.1. The number of benzene rings is 1. The number of amides is 1. The second-order valence-corrected chi connectivity index (χ2v) is 8.10. The minimum Gasteiger partial charge on any atom is -0.493 e. The van der Waals surface area contributed by atoms with Crippen LogP contribution in [0.25, 0.3) is 11.3 Å².